The number of Topliss-reactive ketones (excluding diaryl/α,β-unsaturated/α-hetero) is 2. The average Bonchev–Trinajstić information content (AvgIpc) is 2.02. The summed E-state index contributed by atoms with van der Waals surface area (Å²) in [6.07, 6.45) is -0.283. The van der Waals surface area contributed by atoms with Crippen LogP contribution < -0.4 is 0 Å². The van der Waals surface area contributed by atoms with Gasteiger partial charge in [0, 0.05) is 20.0 Å². The van der Waals surface area contributed by atoms with Crippen LogP contribution in [0.4, 0.5) is 0 Å². The van der Waals surface area contributed by atoms with Crippen LogP contribution in [0.3, 0.4) is 0 Å². The predicted molar refractivity (Wildman–Crippen MR) is 48.2 cm³/mol. The van der Waals surface area contributed by atoms with Crippen LogP contribution in [0.5, 0.6) is 0 Å². The Balaban J connectivity index is 4.17. The van der Waals surface area contributed by atoms with E-state index in [9.17, 15) is 14.4 Å². The van der Waals surface area contributed by atoms with Gasteiger partial charge in [0.05, 0.1) is 6.42 Å². The summed E-state index contributed by atoms with van der Waals surface area (Å²) in [7, 11) is 2.97. The van der Waals surface area contributed by atoms with Gasteiger partial charge in [0.15, 0.2) is 0 Å². The van der Waals surface area contributed by atoms with E-state index < -0.39 is 11.7 Å². The molecule has 13 heavy (non-hydrogen) atoms. The Morgan fingerprint density at radius 1 is 1.15 bits per heavy atom. The second-order valence-corrected chi connectivity index (χ2v) is 3.42. The summed E-state index contributed by atoms with van der Waals surface area (Å²) < 4.78 is 0. The first-order valence-electron chi connectivity index (χ1n) is 4.13. The maximum absolute atomic E-state index is 11.1. The molecule has 4 heteroatoms. The Kier molecular flexibility index (Phi) is 4.31. The van der Waals surface area contributed by atoms with Crippen LogP contribution >= 0.6 is 0 Å². The molecule has 0 unspecified atom stereocenters. The lowest BCUT2D eigenvalue weighted by atomic mass is 10.0. The fourth-order valence-corrected chi connectivity index (χ4v) is 0.687. The third-order valence-corrected chi connectivity index (χ3v) is 1.62. The molecule has 0 bridgehead atoms. The fourth-order valence-electron chi connectivity index (χ4n) is 0.687. The van der Waals surface area contributed by atoms with E-state index in [-0.39, 0.29) is 18.1 Å². The number of nitrogens with zero attached hydrogens (tertiary/aromatic N) is 1. The molecule has 0 aliphatic carbocycles. The van der Waals surface area contributed by atoms with Gasteiger partial charge in [0.1, 0.15) is 5.78 Å². The quantitative estimate of drug-likeness (QED) is 0.466. The van der Waals surface area contributed by atoms with Gasteiger partial charge in [-0.3, -0.25) is 14.4 Å². The molecular formula is C9H15NO3. The number of amides is 1. The number of hydrogen-bond acceptors (Lipinski definition) is 3. The second-order valence-electron chi connectivity index (χ2n) is 3.42. The topological polar surface area (TPSA) is 54.5 Å². The normalized spacial score (nSPS) is 9.92. The first-order chi connectivity index (χ1) is 5.86. The van der Waals surface area contributed by atoms with Gasteiger partial charge in [0.25, 0.3) is 5.91 Å². The van der Waals surface area contributed by atoms with Crippen LogP contribution in [-0.2, 0) is 14.4 Å². The predicted octanol–water partition coefficient (Wildman–Crippen LogP) is 0.259. The zero-order valence-electron chi connectivity index (χ0n) is 8.46. The van der Waals surface area contributed by atoms with E-state index in [1.807, 2.05) is 0 Å². The third-order valence-electron chi connectivity index (χ3n) is 1.62. The summed E-state index contributed by atoms with van der Waals surface area (Å²) >= 11 is 0. The molecule has 0 heterocycles. The molecule has 0 N–H and O–H groups in total. The van der Waals surface area contributed by atoms with Crippen LogP contribution in [0.15, 0.2) is 0 Å². The lowest BCUT2D eigenvalue weighted by molar-refractivity contribution is -0.144. The molecule has 0 aromatic carbocycles. The molecule has 0 aliphatic heterocycles. The monoisotopic (exact) mass is 185 g/mol. The first-order valence-corrected chi connectivity index (χ1v) is 4.13. The van der Waals surface area contributed by atoms with E-state index in [2.05, 4.69) is 0 Å². The third kappa shape index (κ3) is 3.83. The zero-order chi connectivity index (χ0) is 10.6. The SMILES string of the molecule is CC(C)C(=O)CC(=O)C(=O)N(C)C. The molecule has 1 amide bonds. The zero-order valence-corrected chi connectivity index (χ0v) is 8.46. The first kappa shape index (κ1) is 11.8. The van der Waals surface area contributed by atoms with Gasteiger partial charge in [-0.1, -0.05) is 13.8 Å². The van der Waals surface area contributed by atoms with Gasteiger partial charge in [-0.2, -0.15) is 0 Å². The molecule has 0 saturated heterocycles. The second kappa shape index (κ2) is 4.74. The van der Waals surface area contributed by atoms with Crippen molar-refractivity contribution in [2.45, 2.75) is 20.3 Å². The minimum Gasteiger partial charge on any atom is -0.342 e. The molecule has 0 aliphatic rings. The van der Waals surface area contributed by atoms with Crippen molar-refractivity contribution >= 4 is 17.5 Å². The van der Waals surface area contributed by atoms with E-state index in [0.29, 0.717) is 0 Å². The van der Waals surface area contributed by atoms with Gasteiger partial charge in [-0.25, -0.2) is 0 Å². The van der Waals surface area contributed by atoms with Crippen LogP contribution in [0, 0.1) is 5.92 Å². The van der Waals surface area contributed by atoms with Gasteiger partial charge in [-0.05, 0) is 0 Å². The van der Waals surface area contributed by atoms with E-state index >= 15 is 0 Å². The van der Waals surface area contributed by atoms with Crippen LogP contribution in [0.25, 0.3) is 0 Å². The van der Waals surface area contributed by atoms with Crippen molar-refractivity contribution in [3.05, 3.63) is 0 Å². The van der Waals surface area contributed by atoms with Gasteiger partial charge in [0.2, 0.25) is 5.78 Å². The van der Waals surface area contributed by atoms with E-state index in [1.165, 1.54) is 19.0 Å². The smallest absolute Gasteiger partial charge is 0.289 e. The molecule has 0 saturated carbocycles. The Hall–Kier alpha value is -1.19. The van der Waals surface area contributed by atoms with Crippen LogP contribution in [0.2, 0.25) is 0 Å². The van der Waals surface area contributed by atoms with Crippen molar-refractivity contribution in [1.82, 2.24) is 4.90 Å². The van der Waals surface area contributed by atoms with Crippen molar-refractivity contribution in [1.29, 1.82) is 0 Å². The lowest BCUT2D eigenvalue weighted by Gasteiger charge is -2.08. The summed E-state index contributed by atoms with van der Waals surface area (Å²) in [4.78, 5) is 34.4. The highest BCUT2D eigenvalue weighted by molar-refractivity contribution is 6.39. The minimum atomic E-state index is -0.635. The Labute approximate surface area is 77.9 Å². The van der Waals surface area contributed by atoms with Crippen molar-refractivity contribution < 1.29 is 14.4 Å². The molecule has 0 radical (unpaired) electrons. The summed E-state index contributed by atoms with van der Waals surface area (Å²) in [5.41, 5.74) is 0. The van der Waals surface area contributed by atoms with Crippen molar-refractivity contribution in [2.75, 3.05) is 14.1 Å². The van der Waals surface area contributed by atoms with Crippen molar-refractivity contribution in [3.63, 3.8) is 0 Å². The van der Waals surface area contributed by atoms with Crippen LogP contribution in [0.1, 0.15) is 20.3 Å². The standard InChI is InChI=1S/C9H15NO3/c1-6(2)7(11)5-8(12)9(13)10(3)4/h6H,5H2,1-4H3. The summed E-state index contributed by atoms with van der Waals surface area (Å²) in [6, 6.07) is 0. The minimum absolute atomic E-state index is 0.194. The number of hydrogen-bond donors (Lipinski definition) is 0. The maximum Gasteiger partial charge on any atom is 0.289 e. The molecule has 0 atom stereocenters. The summed E-state index contributed by atoms with van der Waals surface area (Å²) in [5, 5.41) is 0. The number of rotatable bonds is 4. The van der Waals surface area contributed by atoms with Crippen molar-refractivity contribution in [2.24, 2.45) is 5.92 Å². The van der Waals surface area contributed by atoms with E-state index in [0.717, 1.165) is 0 Å². The Morgan fingerprint density at radius 3 is 1.92 bits per heavy atom. The highest BCUT2D eigenvalue weighted by Crippen LogP contribution is 2.00. The lowest BCUT2D eigenvalue weighted by Crippen LogP contribution is -2.31. The Morgan fingerprint density at radius 2 is 1.62 bits per heavy atom. The van der Waals surface area contributed by atoms with E-state index in [4.69, 9.17) is 0 Å². The van der Waals surface area contributed by atoms with Gasteiger partial charge >= 0.3 is 0 Å². The van der Waals surface area contributed by atoms with Crippen molar-refractivity contribution in [3.8, 4) is 0 Å². The highest BCUT2D eigenvalue weighted by Gasteiger charge is 2.20. The number of likely N-dealkylation sites (N-methyl/N-ethyl adjacent to an activating group) is 1. The number of carbonyl (C=O) groups is 3. The van der Waals surface area contributed by atoms with E-state index in [1.54, 1.807) is 13.8 Å². The van der Waals surface area contributed by atoms with Gasteiger partial charge in [-0.15, -0.1) is 0 Å². The molecule has 0 aromatic rings. The number of ketones is 2. The molecule has 74 valence electrons. The highest BCUT2D eigenvalue weighted by atomic mass is 16.2. The van der Waals surface area contributed by atoms with Crippen LogP contribution in [-0.4, -0.2) is 36.5 Å². The molecular weight excluding hydrogens is 170 g/mol. The molecule has 0 spiro atoms. The fraction of sp³-hybridized carbons (Fsp3) is 0.667. The summed E-state index contributed by atoms with van der Waals surface area (Å²) in [6.45, 7) is 3.41. The average molecular weight is 185 g/mol. The molecule has 0 aromatic heterocycles. The number of carbonyl (C=O) groups excluding carboxylic acids is 3. The largest absolute Gasteiger partial charge is 0.342 e. The maximum atomic E-state index is 11.1. The molecule has 0 fully saturated rings. The molecule has 0 rings (SSSR count). The van der Waals surface area contributed by atoms with Gasteiger partial charge < -0.3 is 4.90 Å². The molecule has 4 nitrogen and oxygen atoms in total. The Bertz CT molecular complexity index is 231. The summed E-state index contributed by atoms with van der Waals surface area (Å²) in [5.74, 6) is -1.64.